The Balaban J connectivity index is 0.792. The van der Waals surface area contributed by atoms with E-state index < -0.39 is 11.9 Å². The molecule has 3 aromatic carbocycles. The number of anilines is 2. The highest BCUT2D eigenvalue weighted by Crippen LogP contribution is 2.55. The summed E-state index contributed by atoms with van der Waals surface area (Å²) in [4.78, 5) is 57.9. The minimum absolute atomic E-state index is 0.105. The Labute approximate surface area is 348 Å². The smallest absolute Gasteiger partial charge is 0.278 e. The molecule has 8 rings (SSSR count). The first-order valence-corrected chi connectivity index (χ1v) is 20.8. The first-order valence-electron chi connectivity index (χ1n) is 20.5. The molecular formula is C44H50ClN9O5. The molecule has 3 saturated heterocycles. The molecule has 0 spiro atoms. The van der Waals surface area contributed by atoms with Gasteiger partial charge in [-0.2, -0.15) is 9.94 Å². The van der Waals surface area contributed by atoms with Crippen molar-refractivity contribution < 1.29 is 19.1 Å². The molecule has 4 fully saturated rings. The Hall–Kier alpha value is -5.52. The summed E-state index contributed by atoms with van der Waals surface area (Å²) in [7, 11) is 0. The zero-order valence-electron chi connectivity index (χ0n) is 33.9. The normalized spacial score (nSPS) is 23.3. The van der Waals surface area contributed by atoms with E-state index in [0.29, 0.717) is 38.7 Å². The number of amides is 3. The van der Waals surface area contributed by atoms with E-state index in [4.69, 9.17) is 16.3 Å². The fourth-order valence-electron chi connectivity index (χ4n) is 9.92. The molecule has 0 radical (unpaired) electrons. The van der Waals surface area contributed by atoms with Crippen molar-refractivity contribution in [3.63, 3.8) is 0 Å². The van der Waals surface area contributed by atoms with Gasteiger partial charge in [0.05, 0.1) is 16.0 Å². The molecule has 1 unspecified atom stereocenters. The lowest BCUT2D eigenvalue weighted by Crippen LogP contribution is -2.74. The highest BCUT2D eigenvalue weighted by molar-refractivity contribution is 6.31. The van der Waals surface area contributed by atoms with Gasteiger partial charge in [0.2, 0.25) is 5.91 Å². The van der Waals surface area contributed by atoms with Gasteiger partial charge in [0.25, 0.3) is 17.4 Å². The first kappa shape index (κ1) is 40.3. The largest absolute Gasteiger partial charge is 0.489 e. The van der Waals surface area contributed by atoms with Gasteiger partial charge in [0.1, 0.15) is 29.5 Å². The number of piperazine rings is 1. The van der Waals surface area contributed by atoms with E-state index in [1.54, 1.807) is 24.3 Å². The second-order valence-electron chi connectivity index (χ2n) is 17.6. The van der Waals surface area contributed by atoms with Crippen LogP contribution in [0, 0.1) is 28.1 Å². The Morgan fingerprint density at radius 1 is 0.898 bits per heavy atom. The van der Waals surface area contributed by atoms with Gasteiger partial charge in [-0.05, 0) is 79.8 Å². The Morgan fingerprint density at radius 3 is 2.24 bits per heavy atom. The number of hydrogen-bond donors (Lipinski definition) is 2. The van der Waals surface area contributed by atoms with Crippen molar-refractivity contribution in [2.75, 3.05) is 55.6 Å². The van der Waals surface area contributed by atoms with Crippen LogP contribution in [0.4, 0.5) is 11.4 Å². The van der Waals surface area contributed by atoms with Crippen LogP contribution < -0.4 is 30.7 Å². The summed E-state index contributed by atoms with van der Waals surface area (Å²) in [5.74, 6) is 0.236. The number of benzene rings is 3. The highest BCUT2D eigenvalue weighted by atomic mass is 35.5. The summed E-state index contributed by atoms with van der Waals surface area (Å²) in [6.45, 7) is 15.0. The number of nitriles is 1. The summed E-state index contributed by atoms with van der Waals surface area (Å²) in [5.41, 5.74) is 2.55. The second-order valence-corrected chi connectivity index (χ2v) is 18.0. The minimum Gasteiger partial charge on any atom is -0.489 e. The molecule has 14 nitrogen and oxygen atoms in total. The predicted octanol–water partition coefficient (Wildman–Crippen LogP) is 4.94. The maximum Gasteiger partial charge on any atom is 0.278 e. The molecule has 59 heavy (non-hydrogen) atoms. The van der Waals surface area contributed by atoms with Gasteiger partial charge >= 0.3 is 0 Å². The summed E-state index contributed by atoms with van der Waals surface area (Å²) in [6, 6.07) is 19.7. The third-order valence-corrected chi connectivity index (χ3v) is 13.3. The van der Waals surface area contributed by atoms with Gasteiger partial charge in [-0.3, -0.25) is 29.4 Å². The molecule has 0 bridgehead atoms. The molecule has 4 aromatic rings. The number of piperidine rings is 2. The molecule has 4 aliphatic rings. The van der Waals surface area contributed by atoms with Crippen LogP contribution in [0.2, 0.25) is 5.02 Å². The maximum absolute atomic E-state index is 13.5. The molecule has 1 aliphatic carbocycles. The Kier molecular flexibility index (Phi) is 10.9. The minimum atomic E-state index is -0.844. The standard InChI is InChI=1S/C44H50ClN9O5/c1-43(2)41(44(3,4)42(43)59-32-11-7-29(25-46)34(45)24-32)48-38(56)28-5-8-30(9-6-28)52-17-15-27(16-18-52)26-51-19-21-53(22-20-51)31-10-12-33-35(23-31)49-50-54(40(33)58)36-13-14-37(55)47-39(36)57/h5-12,23-24,27,36,41-42H,13-22,26H2,1-4H3,(H,48,56)(H,47,55,57)/t36?,41-,42-. The van der Waals surface area contributed by atoms with Crippen LogP contribution in [0.15, 0.2) is 65.5 Å². The number of fused-ring (bicyclic) bond motifs is 1. The second kappa shape index (κ2) is 15.9. The van der Waals surface area contributed by atoms with Crippen LogP contribution in [-0.4, -0.2) is 95.6 Å². The van der Waals surface area contributed by atoms with E-state index in [1.165, 1.54) is 0 Å². The van der Waals surface area contributed by atoms with Crippen LogP contribution in [0.25, 0.3) is 10.9 Å². The Bertz CT molecular complexity index is 2360. The van der Waals surface area contributed by atoms with Crippen molar-refractivity contribution in [1.29, 1.82) is 5.26 Å². The summed E-state index contributed by atoms with van der Waals surface area (Å²) in [5, 5.41) is 23.9. The molecule has 1 atom stereocenters. The quantitative estimate of drug-likeness (QED) is 0.220. The molecule has 1 aromatic heterocycles. The number of carbonyl (C=O) groups is 3. The fourth-order valence-corrected chi connectivity index (χ4v) is 10.1. The van der Waals surface area contributed by atoms with Gasteiger partial charge in [-0.15, -0.1) is 5.10 Å². The lowest BCUT2D eigenvalue weighted by atomic mass is 9.49. The molecule has 308 valence electrons. The molecule has 3 aliphatic heterocycles. The van der Waals surface area contributed by atoms with E-state index in [1.807, 2.05) is 24.3 Å². The van der Waals surface area contributed by atoms with Crippen LogP contribution in [0.3, 0.4) is 0 Å². The van der Waals surface area contributed by atoms with E-state index in [2.05, 4.69) is 81.5 Å². The van der Waals surface area contributed by atoms with Gasteiger partial charge in [-0.25, -0.2) is 0 Å². The molecule has 1 saturated carbocycles. The number of aromatic nitrogens is 3. The zero-order chi connectivity index (χ0) is 41.6. The van der Waals surface area contributed by atoms with Gasteiger partial charge in [0.15, 0.2) is 0 Å². The van der Waals surface area contributed by atoms with Crippen molar-refractivity contribution in [3.05, 3.63) is 87.2 Å². The van der Waals surface area contributed by atoms with Crippen molar-refractivity contribution in [2.24, 2.45) is 16.7 Å². The lowest BCUT2D eigenvalue weighted by molar-refractivity contribution is -0.164. The molecule has 15 heteroatoms. The number of ether oxygens (including phenoxy) is 1. The fraction of sp³-hybridized carbons (Fsp3) is 0.477. The van der Waals surface area contributed by atoms with Crippen LogP contribution in [0.1, 0.15) is 75.3 Å². The number of hydrogen-bond acceptors (Lipinski definition) is 11. The molecule has 4 heterocycles. The molecular weight excluding hydrogens is 770 g/mol. The number of nitrogens with zero attached hydrogens (tertiary/aromatic N) is 7. The number of rotatable bonds is 9. The number of imide groups is 1. The third kappa shape index (κ3) is 7.85. The SMILES string of the molecule is CC1(C)[C@H](NC(=O)c2ccc(N3CCC(CN4CCN(c5ccc6c(=O)n(C7CCC(=O)NC7=O)nnc6c5)CC4)CC3)cc2)C(C)(C)[C@H]1Oc1ccc(C#N)c(Cl)c1. The summed E-state index contributed by atoms with van der Waals surface area (Å²) in [6.07, 6.45) is 2.41. The number of halogens is 1. The highest BCUT2D eigenvalue weighted by Gasteiger charge is 2.64. The van der Waals surface area contributed by atoms with E-state index in [0.717, 1.165) is 74.7 Å². The summed E-state index contributed by atoms with van der Waals surface area (Å²) < 4.78 is 7.48. The van der Waals surface area contributed by atoms with Crippen molar-refractivity contribution in [3.8, 4) is 11.8 Å². The average Bonchev–Trinajstić information content (AvgIpc) is 3.22. The van der Waals surface area contributed by atoms with Crippen molar-refractivity contribution >= 4 is 51.6 Å². The van der Waals surface area contributed by atoms with E-state index in [-0.39, 0.29) is 53.2 Å². The third-order valence-electron chi connectivity index (χ3n) is 13.0. The monoisotopic (exact) mass is 819 g/mol. The van der Waals surface area contributed by atoms with Crippen molar-refractivity contribution in [1.82, 2.24) is 30.5 Å². The van der Waals surface area contributed by atoms with Crippen LogP contribution in [0.5, 0.6) is 5.75 Å². The predicted molar refractivity (Wildman–Crippen MR) is 225 cm³/mol. The van der Waals surface area contributed by atoms with Gasteiger partial charge in [0, 0.05) is 92.1 Å². The van der Waals surface area contributed by atoms with Crippen LogP contribution >= 0.6 is 11.6 Å². The maximum atomic E-state index is 13.5. The van der Waals surface area contributed by atoms with Gasteiger partial charge in [-0.1, -0.05) is 44.5 Å². The van der Waals surface area contributed by atoms with E-state index in [9.17, 15) is 24.4 Å². The lowest BCUT2D eigenvalue weighted by Gasteiger charge is -2.63. The topological polar surface area (TPSA) is 166 Å². The number of carbonyl (C=O) groups excluding carboxylic acids is 3. The average molecular weight is 820 g/mol. The summed E-state index contributed by atoms with van der Waals surface area (Å²) >= 11 is 6.26. The van der Waals surface area contributed by atoms with Crippen molar-refractivity contribution in [2.45, 2.75) is 71.6 Å². The first-order chi connectivity index (χ1) is 28.2. The molecule has 3 amide bonds. The van der Waals surface area contributed by atoms with Crippen LogP contribution in [-0.2, 0) is 9.59 Å². The van der Waals surface area contributed by atoms with Gasteiger partial charge < -0.3 is 19.9 Å². The molecule has 2 N–H and O–H groups in total. The number of nitrogens with one attached hydrogen (secondary N) is 2. The zero-order valence-corrected chi connectivity index (χ0v) is 34.7. The Morgan fingerprint density at radius 2 is 1.58 bits per heavy atom. The van der Waals surface area contributed by atoms with E-state index >= 15 is 0 Å².